The second kappa shape index (κ2) is 5.87. The van der Waals surface area contributed by atoms with E-state index in [-0.39, 0.29) is 6.10 Å². The number of anilines is 2. The summed E-state index contributed by atoms with van der Waals surface area (Å²) in [7, 11) is 0. The Balaban J connectivity index is 1.65. The molecular weight excluding hydrogens is 248 g/mol. The van der Waals surface area contributed by atoms with E-state index in [9.17, 15) is 0 Å². The zero-order valence-electron chi connectivity index (χ0n) is 11.5. The topological polar surface area (TPSA) is 38.5 Å². The van der Waals surface area contributed by atoms with Gasteiger partial charge in [0, 0.05) is 17.9 Å². The number of rotatable bonds is 3. The standard InChI is InChI=1S/C17H20N2O/c18-14-8-10-16(11-9-14)20-17-7-4-12-19(13-17)15-5-2-1-3-6-15/h1-3,5-6,8-11,17H,4,7,12-13,18H2. The molecule has 3 heteroatoms. The molecule has 0 aromatic heterocycles. The molecule has 1 saturated heterocycles. The fourth-order valence-corrected chi connectivity index (χ4v) is 2.65. The van der Waals surface area contributed by atoms with Crippen LogP contribution in [0.25, 0.3) is 0 Å². The maximum absolute atomic E-state index is 6.06. The van der Waals surface area contributed by atoms with Gasteiger partial charge in [0.1, 0.15) is 11.9 Å². The van der Waals surface area contributed by atoms with Crippen LogP contribution in [0.4, 0.5) is 11.4 Å². The summed E-state index contributed by atoms with van der Waals surface area (Å²) in [6.07, 6.45) is 2.51. The van der Waals surface area contributed by atoms with E-state index in [1.54, 1.807) is 0 Å². The highest BCUT2D eigenvalue weighted by molar-refractivity contribution is 5.46. The highest BCUT2D eigenvalue weighted by Crippen LogP contribution is 2.23. The van der Waals surface area contributed by atoms with Gasteiger partial charge in [-0.05, 0) is 49.2 Å². The third-order valence-electron chi connectivity index (χ3n) is 3.68. The van der Waals surface area contributed by atoms with Crippen LogP contribution < -0.4 is 15.4 Å². The molecule has 2 aromatic carbocycles. The second-order valence-corrected chi connectivity index (χ2v) is 5.23. The van der Waals surface area contributed by atoms with E-state index in [2.05, 4.69) is 35.2 Å². The second-order valence-electron chi connectivity index (χ2n) is 5.23. The molecule has 1 aliphatic rings. The highest BCUT2D eigenvalue weighted by Gasteiger charge is 2.21. The van der Waals surface area contributed by atoms with E-state index < -0.39 is 0 Å². The lowest BCUT2D eigenvalue weighted by atomic mass is 10.1. The summed E-state index contributed by atoms with van der Waals surface area (Å²) in [5.74, 6) is 0.902. The average Bonchev–Trinajstić information content (AvgIpc) is 2.51. The Morgan fingerprint density at radius 3 is 2.50 bits per heavy atom. The van der Waals surface area contributed by atoms with Crippen molar-refractivity contribution in [3.63, 3.8) is 0 Å². The van der Waals surface area contributed by atoms with Gasteiger partial charge in [0.2, 0.25) is 0 Å². The monoisotopic (exact) mass is 268 g/mol. The molecule has 0 aliphatic carbocycles. The van der Waals surface area contributed by atoms with Crippen LogP contribution in [0.2, 0.25) is 0 Å². The van der Waals surface area contributed by atoms with E-state index in [0.29, 0.717) is 0 Å². The molecule has 1 heterocycles. The number of ether oxygens (including phenoxy) is 1. The molecule has 0 radical (unpaired) electrons. The normalized spacial score (nSPS) is 18.8. The molecule has 0 amide bonds. The predicted octanol–water partition coefficient (Wildman–Crippen LogP) is 3.32. The van der Waals surface area contributed by atoms with Gasteiger partial charge < -0.3 is 15.4 Å². The van der Waals surface area contributed by atoms with Crippen molar-refractivity contribution in [1.29, 1.82) is 0 Å². The van der Waals surface area contributed by atoms with Gasteiger partial charge in [0.05, 0.1) is 6.54 Å². The van der Waals surface area contributed by atoms with E-state index in [0.717, 1.165) is 37.4 Å². The van der Waals surface area contributed by atoms with Crippen LogP contribution in [-0.2, 0) is 0 Å². The number of nitrogens with two attached hydrogens (primary N) is 1. The summed E-state index contributed by atoms with van der Waals surface area (Å²) < 4.78 is 6.06. The quantitative estimate of drug-likeness (QED) is 0.868. The van der Waals surface area contributed by atoms with Gasteiger partial charge >= 0.3 is 0 Å². The third-order valence-corrected chi connectivity index (χ3v) is 3.68. The Hall–Kier alpha value is -2.16. The number of para-hydroxylation sites is 1. The van der Waals surface area contributed by atoms with Gasteiger partial charge in [0.15, 0.2) is 0 Å². The summed E-state index contributed by atoms with van der Waals surface area (Å²) in [5.41, 5.74) is 7.74. The lowest BCUT2D eigenvalue weighted by Gasteiger charge is -2.34. The smallest absolute Gasteiger partial charge is 0.119 e. The van der Waals surface area contributed by atoms with Crippen molar-refractivity contribution in [2.75, 3.05) is 23.7 Å². The largest absolute Gasteiger partial charge is 0.489 e. The van der Waals surface area contributed by atoms with Crippen molar-refractivity contribution in [3.05, 3.63) is 54.6 Å². The van der Waals surface area contributed by atoms with Gasteiger partial charge in [0.25, 0.3) is 0 Å². The molecule has 1 fully saturated rings. The highest BCUT2D eigenvalue weighted by atomic mass is 16.5. The summed E-state index contributed by atoms with van der Waals surface area (Å²) >= 11 is 0. The lowest BCUT2D eigenvalue weighted by molar-refractivity contribution is 0.179. The van der Waals surface area contributed by atoms with Gasteiger partial charge in [-0.3, -0.25) is 0 Å². The summed E-state index contributed by atoms with van der Waals surface area (Å²) in [6.45, 7) is 2.04. The number of hydrogen-bond donors (Lipinski definition) is 1. The van der Waals surface area contributed by atoms with E-state index >= 15 is 0 Å². The van der Waals surface area contributed by atoms with Crippen molar-refractivity contribution >= 4 is 11.4 Å². The first-order valence-corrected chi connectivity index (χ1v) is 7.13. The van der Waals surface area contributed by atoms with Gasteiger partial charge in [-0.2, -0.15) is 0 Å². The van der Waals surface area contributed by atoms with Crippen molar-refractivity contribution in [2.24, 2.45) is 0 Å². The fourth-order valence-electron chi connectivity index (χ4n) is 2.65. The molecule has 3 nitrogen and oxygen atoms in total. The Morgan fingerprint density at radius 2 is 1.75 bits per heavy atom. The zero-order valence-corrected chi connectivity index (χ0v) is 11.5. The molecule has 20 heavy (non-hydrogen) atoms. The van der Waals surface area contributed by atoms with Crippen molar-refractivity contribution in [1.82, 2.24) is 0 Å². The molecule has 0 bridgehead atoms. The number of piperidine rings is 1. The molecule has 0 saturated carbocycles. The van der Waals surface area contributed by atoms with Crippen LogP contribution >= 0.6 is 0 Å². The van der Waals surface area contributed by atoms with Crippen LogP contribution in [-0.4, -0.2) is 19.2 Å². The average molecular weight is 268 g/mol. The molecule has 1 aliphatic heterocycles. The van der Waals surface area contributed by atoms with Crippen molar-refractivity contribution < 1.29 is 4.74 Å². The Bertz CT molecular complexity index is 539. The molecular formula is C17H20N2O. The van der Waals surface area contributed by atoms with Crippen LogP contribution in [0.3, 0.4) is 0 Å². The lowest BCUT2D eigenvalue weighted by Crippen LogP contribution is -2.41. The first kappa shape index (κ1) is 12.9. The molecule has 1 atom stereocenters. The Morgan fingerprint density at radius 1 is 1.00 bits per heavy atom. The maximum Gasteiger partial charge on any atom is 0.119 e. The zero-order chi connectivity index (χ0) is 13.8. The third kappa shape index (κ3) is 3.05. The van der Waals surface area contributed by atoms with Gasteiger partial charge in [-0.25, -0.2) is 0 Å². The minimum absolute atomic E-state index is 0.243. The minimum atomic E-state index is 0.243. The number of nitrogens with zero attached hydrogens (tertiary/aromatic N) is 1. The van der Waals surface area contributed by atoms with Crippen molar-refractivity contribution in [2.45, 2.75) is 18.9 Å². The van der Waals surface area contributed by atoms with E-state index in [4.69, 9.17) is 10.5 Å². The fraction of sp³-hybridized carbons (Fsp3) is 0.294. The molecule has 3 rings (SSSR count). The number of nitrogen functional groups attached to an aromatic ring is 1. The molecule has 2 N–H and O–H groups in total. The first-order valence-electron chi connectivity index (χ1n) is 7.13. The summed E-state index contributed by atoms with van der Waals surface area (Å²) in [4.78, 5) is 2.39. The van der Waals surface area contributed by atoms with Crippen LogP contribution in [0, 0.1) is 0 Å². The predicted molar refractivity (Wildman–Crippen MR) is 83.2 cm³/mol. The Labute approximate surface area is 120 Å². The number of benzene rings is 2. The Kier molecular flexibility index (Phi) is 3.77. The van der Waals surface area contributed by atoms with Crippen molar-refractivity contribution in [3.8, 4) is 5.75 Å². The van der Waals surface area contributed by atoms with E-state index in [1.165, 1.54) is 5.69 Å². The summed E-state index contributed by atoms with van der Waals surface area (Å²) in [6, 6.07) is 18.2. The van der Waals surface area contributed by atoms with Crippen LogP contribution in [0.15, 0.2) is 54.6 Å². The molecule has 104 valence electrons. The SMILES string of the molecule is Nc1ccc(OC2CCCN(c3ccccc3)C2)cc1. The van der Waals surface area contributed by atoms with E-state index in [1.807, 2.05) is 24.3 Å². The first-order chi connectivity index (χ1) is 9.81. The summed E-state index contributed by atoms with van der Waals surface area (Å²) in [5, 5.41) is 0. The van der Waals surface area contributed by atoms with Gasteiger partial charge in [-0.1, -0.05) is 18.2 Å². The molecule has 1 unspecified atom stereocenters. The van der Waals surface area contributed by atoms with Crippen LogP contribution in [0.5, 0.6) is 5.75 Å². The van der Waals surface area contributed by atoms with Crippen LogP contribution in [0.1, 0.15) is 12.8 Å². The maximum atomic E-state index is 6.06. The van der Waals surface area contributed by atoms with Gasteiger partial charge in [-0.15, -0.1) is 0 Å². The minimum Gasteiger partial charge on any atom is -0.489 e. The molecule has 2 aromatic rings. The number of hydrogen-bond acceptors (Lipinski definition) is 3. The molecule has 0 spiro atoms.